The van der Waals surface area contributed by atoms with Gasteiger partial charge in [-0.05, 0) is 30.8 Å². The van der Waals surface area contributed by atoms with Crippen LogP contribution in [0.1, 0.15) is 66.2 Å². The van der Waals surface area contributed by atoms with E-state index >= 15 is 0 Å². The molecule has 0 aromatic heterocycles. The summed E-state index contributed by atoms with van der Waals surface area (Å²) in [5.41, 5.74) is 0.0313. The molecule has 0 aromatic carbocycles. The molecule has 3 aliphatic rings. The van der Waals surface area contributed by atoms with Crippen LogP contribution < -0.4 is 0 Å². The molecule has 25 heavy (non-hydrogen) atoms. The Balaban J connectivity index is 1.90. The first kappa shape index (κ1) is 18.6. The zero-order chi connectivity index (χ0) is 18.5. The summed E-state index contributed by atoms with van der Waals surface area (Å²) < 4.78 is 11.1. The van der Waals surface area contributed by atoms with E-state index in [1.165, 1.54) is 0 Å². The molecule has 5 nitrogen and oxygen atoms in total. The van der Waals surface area contributed by atoms with Crippen LogP contribution in [0.15, 0.2) is 11.6 Å². The third kappa shape index (κ3) is 2.85. The topological polar surface area (TPSA) is 72.8 Å². The van der Waals surface area contributed by atoms with Crippen molar-refractivity contribution >= 4 is 11.8 Å². The molecule has 1 saturated heterocycles. The molecule has 0 unspecified atom stereocenters. The molecule has 4 atom stereocenters. The molecule has 0 amide bonds. The molecule has 0 radical (unpaired) electrons. The number of esters is 1. The van der Waals surface area contributed by atoms with Gasteiger partial charge in [-0.3, -0.25) is 4.79 Å². The van der Waals surface area contributed by atoms with E-state index in [4.69, 9.17) is 9.47 Å². The maximum Gasteiger partial charge on any atom is 0.334 e. The minimum Gasteiger partial charge on any atom is -0.458 e. The molecule has 0 aromatic rings. The molecule has 1 saturated carbocycles. The molecule has 0 bridgehead atoms. The molecule has 2 aliphatic heterocycles. The highest BCUT2D eigenvalue weighted by Gasteiger charge is 2.67. The first-order chi connectivity index (χ1) is 11.6. The third-order valence-corrected chi connectivity index (χ3v) is 6.77. The van der Waals surface area contributed by atoms with E-state index in [0.717, 1.165) is 19.3 Å². The molecule has 1 aliphatic carbocycles. The van der Waals surface area contributed by atoms with E-state index in [-0.39, 0.29) is 23.1 Å². The number of carbonyl (C=O) groups is 2. The zero-order valence-electron chi connectivity index (χ0n) is 15.8. The summed E-state index contributed by atoms with van der Waals surface area (Å²) >= 11 is 0. The van der Waals surface area contributed by atoms with Gasteiger partial charge in [0.2, 0.25) is 0 Å². The van der Waals surface area contributed by atoms with E-state index in [1.54, 1.807) is 6.08 Å². The molecule has 3 rings (SSSR count). The van der Waals surface area contributed by atoms with Gasteiger partial charge in [0.25, 0.3) is 0 Å². The maximum absolute atomic E-state index is 12.6. The lowest BCUT2D eigenvalue weighted by Crippen LogP contribution is -2.52. The summed E-state index contributed by atoms with van der Waals surface area (Å²) in [5.74, 6) is -1.67. The van der Waals surface area contributed by atoms with Crippen molar-refractivity contribution in [2.45, 2.75) is 78.1 Å². The number of ketones is 1. The average molecular weight is 350 g/mol. The standard InChI is InChI=1S/C20H30O5/c1-5-14(21)15-16-18(2,3)9-6-10-19(16,4)20(23,25-15)11-7-13-8-12-24-17(13)22/h8,15-16,23H,5-7,9-12H2,1-4H3/t15-,16+,19+,20+/m1/s1. The van der Waals surface area contributed by atoms with Gasteiger partial charge in [0.05, 0.1) is 0 Å². The van der Waals surface area contributed by atoms with E-state index in [1.807, 2.05) is 6.92 Å². The van der Waals surface area contributed by atoms with Crippen molar-refractivity contribution in [3.63, 3.8) is 0 Å². The fraction of sp³-hybridized carbons (Fsp3) is 0.800. The van der Waals surface area contributed by atoms with E-state index in [0.29, 0.717) is 31.4 Å². The summed E-state index contributed by atoms with van der Waals surface area (Å²) in [7, 11) is 0. The number of carbonyl (C=O) groups excluding carboxylic acids is 2. The number of Topliss-reactive ketones (excluding diaryl/α,β-unsaturated/α-hetero) is 1. The van der Waals surface area contributed by atoms with Crippen LogP contribution >= 0.6 is 0 Å². The van der Waals surface area contributed by atoms with Gasteiger partial charge in [0, 0.05) is 29.7 Å². The first-order valence-electron chi connectivity index (χ1n) is 9.44. The highest BCUT2D eigenvalue weighted by atomic mass is 16.6. The van der Waals surface area contributed by atoms with E-state index < -0.39 is 17.3 Å². The SMILES string of the molecule is CCC(=O)[C@H]1O[C@@](O)(CCC2=CCOC2=O)[C@@]2(C)CCCC(C)(C)[C@H]12. The Morgan fingerprint density at radius 2 is 2.04 bits per heavy atom. The molecule has 1 N–H and O–H groups in total. The first-order valence-corrected chi connectivity index (χ1v) is 9.44. The van der Waals surface area contributed by atoms with Crippen LogP contribution in [0.5, 0.6) is 0 Å². The van der Waals surface area contributed by atoms with E-state index in [9.17, 15) is 14.7 Å². The molecule has 2 heterocycles. The third-order valence-electron chi connectivity index (χ3n) is 6.77. The van der Waals surface area contributed by atoms with Crippen molar-refractivity contribution in [3.05, 3.63) is 11.6 Å². The largest absolute Gasteiger partial charge is 0.458 e. The lowest BCUT2D eigenvalue weighted by Gasteiger charge is -2.51. The summed E-state index contributed by atoms with van der Waals surface area (Å²) in [6.45, 7) is 8.56. The van der Waals surface area contributed by atoms with Crippen LogP contribution in [0.4, 0.5) is 0 Å². The summed E-state index contributed by atoms with van der Waals surface area (Å²) in [5, 5.41) is 11.5. The van der Waals surface area contributed by atoms with Gasteiger partial charge >= 0.3 is 5.97 Å². The molecular weight excluding hydrogens is 320 g/mol. The number of fused-ring (bicyclic) bond motifs is 1. The fourth-order valence-corrected chi connectivity index (χ4v) is 5.38. The van der Waals surface area contributed by atoms with Crippen molar-refractivity contribution < 1.29 is 24.2 Å². The second-order valence-corrected chi connectivity index (χ2v) is 8.71. The van der Waals surface area contributed by atoms with Crippen LogP contribution in [-0.4, -0.2) is 35.4 Å². The van der Waals surface area contributed by atoms with Crippen LogP contribution in [0, 0.1) is 16.7 Å². The Kier molecular flexibility index (Phi) is 4.61. The normalized spacial score (nSPS) is 39.7. The van der Waals surface area contributed by atoms with Gasteiger partial charge in [-0.1, -0.05) is 34.1 Å². The summed E-state index contributed by atoms with van der Waals surface area (Å²) in [4.78, 5) is 24.3. The van der Waals surface area contributed by atoms with E-state index in [2.05, 4.69) is 20.8 Å². The minimum atomic E-state index is -1.39. The van der Waals surface area contributed by atoms with Crippen molar-refractivity contribution in [1.29, 1.82) is 0 Å². The van der Waals surface area contributed by atoms with Gasteiger partial charge in [-0.15, -0.1) is 0 Å². The van der Waals surface area contributed by atoms with Crippen molar-refractivity contribution in [2.75, 3.05) is 6.61 Å². The van der Waals surface area contributed by atoms with Crippen LogP contribution in [-0.2, 0) is 19.1 Å². The highest BCUT2D eigenvalue weighted by molar-refractivity contribution is 5.90. The van der Waals surface area contributed by atoms with Gasteiger partial charge in [-0.2, -0.15) is 0 Å². The second-order valence-electron chi connectivity index (χ2n) is 8.71. The van der Waals surface area contributed by atoms with Crippen molar-refractivity contribution in [1.82, 2.24) is 0 Å². The Morgan fingerprint density at radius 1 is 1.32 bits per heavy atom. The minimum absolute atomic E-state index is 0.0179. The number of hydrogen-bond acceptors (Lipinski definition) is 5. The second kappa shape index (κ2) is 6.20. The molecule has 2 fully saturated rings. The highest BCUT2D eigenvalue weighted by Crippen LogP contribution is 2.64. The quantitative estimate of drug-likeness (QED) is 0.771. The number of aliphatic hydroxyl groups is 1. The Labute approximate surface area is 149 Å². The van der Waals surface area contributed by atoms with Crippen molar-refractivity contribution in [2.24, 2.45) is 16.7 Å². The van der Waals surface area contributed by atoms with Gasteiger partial charge < -0.3 is 14.6 Å². The average Bonchev–Trinajstić information content (AvgIpc) is 3.05. The molecular formula is C20H30O5. The summed E-state index contributed by atoms with van der Waals surface area (Å²) in [6, 6.07) is 0. The van der Waals surface area contributed by atoms with Crippen molar-refractivity contribution in [3.8, 4) is 0 Å². The van der Waals surface area contributed by atoms with Crippen LogP contribution in [0.25, 0.3) is 0 Å². The molecule has 0 spiro atoms. The monoisotopic (exact) mass is 350 g/mol. The molecule has 5 heteroatoms. The van der Waals surface area contributed by atoms with Gasteiger partial charge in [0.15, 0.2) is 11.6 Å². The molecule has 140 valence electrons. The number of hydrogen-bond donors (Lipinski definition) is 1. The summed E-state index contributed by atoms with van der Waals surface area (Å²) in [6.07, 6.45) is 5.17. The fourth-order valence-electron chi connectivity index (χ4n) is 5.38. The number of ether oxygens (including phenoxy) is 2. The Morgan fingerprint density at radius 3 is 2.64 bits per heavy atom. The lowest BCUT2D eigenvalue weighted by molar-refractivity contribution is -0.244. The predicted molar refractivity (Wildman–Crippen MR) is 92.6 cm³/mol. The maximum atomic E-state index is 12.6. The van der Waals surface area contributed by atoms with Crippen LogP contribution in [0.3, 0.4) is 0 Å². The number of cyclic esters (lactones) is 1. The Hall–Kier alpha value is -1.20. The lowest BCUT2D eigenvalue weighted by atomic mass is 9.53. The predicted octanol–water partition coefficient (Wildman–Crippen LogP) is 3.15. The zero-order valence-corrected chi connectivity index (χ0v) is 15.8. The van der Waals surface area contributed by atoms with Gasteiger partial charge in [0.1, 0.15) is 12.7 Å². The van der Waals surface area contributed by atoms with Gasteiger partial charge in [-0.25, -0.2) is 4.79 Å². The smallest absolute Gasteiger partial charge is 0.334 e. The number of rotatable bonds is 5. The Bertz CT molecular complexity index is 607. The van der Waals surface area contributed by atoms with Crippen LogP contribution in [0.2, 0.25) is 0 Å².